The number of nitrogens with zero attached hydrogens (tertiary/aromatic N) is 4. The second kappa shape index (κ2) is 18.1. The maximum absolute atomic E-state index is 10.2. The molecule has 4 heterocycles. The first kappa shape index (κ1) is 33.7. The van der Waals surface area contributed by atoms with E-state index in [2.05, 4.69) is 82.8 Å². The average Bonchev–Trinajstić information content (AvgIpc) is 1.13. The van der Waals surface area contributed by atoms with Gasteiger partial charge in [-0.15, -0.1) is 29.7 Å². The van der Waals surface area contributed by atoms with E-state index in [1.54, 1.807) is 12.1 Å². The van der Waals surface area contributed by atoms with Crippen LogP contribution in [0.5, 0.6) is 11.5 Å². The number of aromatic nitrogens is 4. The van der Waals surface area contributed by atoms with Crippen LogP contribution >= 0.6 is 0 Å². The van der Waals surface area contributed by atoms with Crippen molar-refractivity contribution < 1.29 is 55.0 Å². The van der Waals surface area contributed by atoms with E-state index in [1.807, 2.05) is 125 Å². The number of pyridine rings is 1. The van der Waals surface area contributed by atoms with E-state index < -0.39 is 90.7 Å². The third-order valence-electron chi connectivity index (χ3n) is 15.0. The summed E-state index contributed by atoms with van der Waals surface area (Å²) in [5.74, 6) is -2.16. The second-order valence-electron chi connectivity index (χ2n) is 22.0. The van der Waals surface area contributed by atoms with Crippen molar-refractivity contribution in [3.05, 3.63) is 211 Å². The average molecular weight is 1200 g/mol. The Morgan fingerprint density at radius 2 is 1.39 bits per heavy atom. The molecule has 0 fully saturated rings. The monoisotopic (exact) mass is 1200 g/mol. The SMILES string of the molecule is [2H]c1c([2H])c2c(c([2H])c1-c1ccc3c(c1)-c1cccc(C(C)(C)C)c1-[n+]1[c-]n(-c4[c-]c(Oc5[c-]c6c(cc5)c5ccccc5n6-c5cc(C(C)(C)C)ccn5)ccc4)c4cccc(c41)-c1ccccc1-3)C(C([2H])([2H])[2H])(C([2H])([2H])[2H])C([2H])(C)C([2H])([2H])C2(C([2H])([2H])[2H])C([2H])([2H])[2H].[Pt]. The molecule has 0 bridgehead atoms. The summed E-state index contributed by atoms with van der Waals surface area (Å²) in [6.45, 7) is -2.95. The first-order chi connectivity index (χ1) is 43.7. The molecule has 386 valence electrons. The minimum absolute atomic E-state index is 0. The number of benzene rings is 8. The van der Waals surface area contributed by atoms with E-state index >= 15 is 0 Å². The van der Waals surface area contributed by atoms with Gasteiger partial charge in [-0.2, -0.15) is 18.2 Å². The van der Waals surface area contributed by atoms with Crippen LogP contribution in [0.1, 0.15) is 129 Å². The van der Waals surface area contributed by atoms with Crippen LogP contribution < -0.4 is 9.30 Å². The predicted molar refractivity (Wildman–Crippen MR) is 313 cm³/mol. The minimum Gasteiger partial charge on any atom is -0.510 e. The van der Waals surface area contributed by atoms with Gasteiger partial charge in [-0.1, -0.05) is 191 Å². The van der Waals surface area contributed by atoms with Gasteiger partial charge in [0.25, 0.3) is 6.33 Å². The summed E-state index contributed by atoms with van der Waals surface area (Å²) in [5, 5.41) is 2.00. The number of rotatable bonds is 5. The normalized spacial score (nSPS) is 21.1. The van der Waals surface area contributed by atoms with Crippen LogP contribution in [0.4, 0.5) is 0 Å². The first-order valence-electron chi connectivity index (χ1n) is 34.4. The quantitative estimate of drug-likeness (QED) is 0.127. The number of ether oxygens (including phenoxy) is 1. The smallest absolute Gasteiger partial charge is 0.268 e. The van der Waals surface area contributed by atoms with Gasteiger partial charge in [0.05, 0.1) is 20.8 Å². The summed E-state index contributed by atoms with van der Waals surface area (Å²) >= 11 is 0. The molecule has 3 aromatic heterocycles. The van der Waals surface area contributed by atoms with E-state index in [-0.39, 0.29) is 32.0 Å². The maximum Gasteiger partial charge on any atom is 0.268 e. The molecule has 1 aliphatic carbocycles. The van der Waals surface area contributed by atoms with Crippen molar-refractivity contribution in [1.82, 2.24) is 14.1 Å². The predicted octanol–water partition coefficient (Wildman–Crippen LogP) is 17.8. The van der Waals surface area contributed by atoms with Gasteiger partial charge in [-0.25, -0.2) is 4.98 Å². The van der Waals surface area contributed by atoms with Crippen LogP contribution in [-0.4, -0.2) is 14.1 Å². The Labute approximate surface area is 493 Å². The second-order valence-corrected chi connectivity index (χ2v) is 22.0. The van der Waals surface area contributed by atoms with Crippen LogP contribution in [0.2, 0.25) is 0 Å². The van der Waals surface area contributed by atoms with Crippen LogP contribution in [-0.2, 0) is 42.7 Å². The zero-order valence-electron chi connectivity index (χ0n) is 61.4. The Morgan fingerprint density at radius 3 is 2.18 bits per heavy atom. The Morgan fingerprint density at radius 1 is 0.675 bits per heavy atom. The number of fused-ring (bicyclic) bond motifs is 11. The van der Waals surface area contributed by atoms with Crippen molar-refractivity contribution >= 4 is 32.8 Å². The number of imidazole rings is 1. The van der Waals surface area contributed by atoms with Crippen LogP contribution in [0.3, 0.4) is 0 Å². The fourth-order valence-corrected chi connectivity index (χ4v) is 11.1. The molecular formula is C71H64N4OPt-2. The van der Waals surface area contributed by atoms with Crippen LogP contribution in [0.25, 0.3) is 94.5 Å². The molecule has 6 heteroatoms. The molecule has 5 nitrogen and oxygen atoms in total. The van der Waals surface area contributed by atoms with Crippen molar-refractivity contribution in [1.29, 1.82) is 0 Å². The Balaban J connectivity index is 0.00000864. The molecule has 8 aromatic carbocycles. The molecule has 0 N–H and O–H groups in total. The van der Waals surface area contributed by atoms with E-state index in [0.29, 0.717) is 46.5 Å². The van der Waals surface area contributed by atoms with E-state index in [1.165, 1.54) is 6.07 Å². The molecule has 0 saturated heterocycles. The van der Waals surface area contributed by atoms with Crippen molar-refractivity contribution in [2.75, 3.05) is 0 Å². The van der Waals surface area contributed by atoms with E-state index in [0.717, 1.165) is 66.5 Å². The zero-order valence-corrected chi connectivity index (χ0v) is 45.7. The Bertz CT molecular complexity index is 4950. The summed E-state index contributed by atoms with van der Waals surface area (Å²) in [7, 11) is 0. The summed E-state index contributed by atoms with van der Waals surface area (Å²) in [4.78, 5) is 4.84. The van der Waals surface area contributed by atoms with Crippen molar-refractivity contribution in [2.24, 2.45) is 5.89 Å². The summed E-state index contributed by atoms with van der Waals surface area (Å²) in [5.41, 5.74) is -1.74. The minimum atomic E-state index is -4.13. The van der Waals surface area contributed by atoms with Crippen molar-refractivity contribution in [2.45, 2.75) is 104 Å². The summed E-state index contributed by atoms with van der Waals surface area (Å²) in [6, 6.07) is 49.7. The van der Waals surface area contributed by atoms with E-state index in [4.69, 9.17) is 26.2 Å². The van der Waals surface area contributed by atoms with Gasteiger partial charge >= 0.3 is 0 Å². The first-order valence-corrected chi connectivity index (χ1v) is 25.4. The molecule has 13 rings (SSSR count). The van der Waals surface area contributed by atoms with Gasteiger partial charge in [0.2, 0.25) is 0 Å². The fraction of sp³-hybridized carbons (Fsp3) is 0.239. The molecule has 0 spiro atoms. The molecule has 1 atom stereocenters. The Hall–Kier alpha value is -7.33. The fourth-order valence-electron chi connectivity index (χ4n) is 11.1. The summed E-state index contributed by atoms with van der Waals surface area (Å²) in [6.07, 6.45) is 1.43. The van der Waals surface area contributed by atoms with Gasteiger partial charge in [-0.05, 0) is 136 Å². The third kappa shape index (κ3) is 8.22. The molecule has 0 amide bonds. The van der Waals surface area contributed by atoms with Crippen LogP contribution in [0.15, 0.2) is 170 Å². The molecule has 77 heavy (non-hydrogen) atoms. The van der Waals surface area contributed by atoms with Gasteiger partial charge in [-0.3, -0.25) is 4.57 Å². The number of hydrogen-bond acceptors (Lipinski definition) is 2. The van der Waals surface area contributed by atoms with Gasteiger partial charge in [0.15, 0.2) is 0 Å². The molecule has 0 radical (unpaired) electrons. The standard InChI is InChI=1S/C71H64N4O.Pt/c1-44-42-70(8,9)59-34-30-46(38-61(59)71(44,10)11)45-29-32-53-51-21-12-13-22-52(51)56-25-18-28-63-67(56)74(66-57(58(53)37-45)24-17-26-60(66)69(5,6)7)43-73(63)48-19-16-20-49(40-48)76-50-31-33-55-54-23-14-15-27-62(54)75(64(55)41-50)65-39-47(35-36-72-65)68(2,3)4;/h12-39,44H,42H2,1-11H3;/q-2;/i8D3,9D3,10D3,11D3,30D,34D,38D,42D2,44D;. The molecule has 11 aromatic rings. The van der Waals surface area contributed by atoms with E-state index in [9.17, 15) is 8.22 Å². The zero-order chi connectivity index (χ0) is 68.0. The Kier molecular flexibility index (Phi) is 7.95. The van der Waals surface area contributed by atoms with Crippen molar-refractivity contribution in [3.8, 4) is 73.2 Å². The van der Waals surface area contributed by atoms with Gasteiger partial charge in [0, 0.05) is 64.8 Å². The number of hydrogen-bond donors (Lipinski definition) is 0. The van der Waals surface area contributed by atoms with Crippen molar-refractivity contribution in [3.63, 3.8) is 0 Å². The molecular weight excluding hydrogens is 1120 g/mol. The maximum atomic E-state index is 10.2. The number of para-hydroxylation sites is 3. The van der Waals surface area contributed by atoms with Crippen LogP contribution in [0, 0.1) is 24.4 Å². The summed E-state index contributed by atoms with van der Waals surface area (Å²) < 4.78 is 179. The molecule has 2 aliphatic rings. The topological polar surface area (TPSA) is 35.9 Å². The third-order valence-corrected chi connectivity index (χ3v) is 15.0. The molecule has 1 unspecified atom stereocenters. The molecule has 1 aliphatic heterocycles. The van der Waals surface area contributed by atoms with Gasteiger partial charge in [0.1, 0.15) is 5.82 Å². The molecule has 0 saturated carbocycles. The van der Waals surface area contributed by atoms with Gasteiger partial charge < -0.3 is 13.9 Å². The largest absolute Gasteiger partial charge is 0.510 e.